The third kappa shape index (κ3) is 10.1. The van der Waals surface area contributed by atoms with Gasteiger partial charge in [0.05, 0.1) is 11.4 Å². The highest BCUT2D eigenvalue weighted by Gasteiger charge is 2.12. The van der Waals surface area contributed by atoms with Crippen LogP contribution in [0.25, 0.3) is 0 Å². The maximum Gasteiger partial charge on any atom is 0.106 e. The quantitative estimate of drug-likeness (QED) is 0.237. The van der Waals surface area contributed by atoms with E-state index in [1.54, 1.807) is 0 Å². The fourth-order valence-electron chi connectivity index (χ4n) is 4.37. The molecule has 0 saturated heterocycles. The normalized spacial score (nSPS) is 11.5. The number of H-pyrrole nitrogens is 2. The van der Waals surface area contributed by atoms with Crippen LogP contribution in [0.15, 0.2) is 0 Å². The molecule has 0 aliphatic rings. The molecule has 0 amide bonds. The van der Waals surface area contributed by atoms with Crippen molar-refractivity contribution in [3.63, 3.8) is 0 Å². The lowest BCUT2D eigenvalue weighted by Crippen LogP contribution is -1.95. The van der Waals surface area contributed by atoms with Crippen molar-refractivity contribution in [3.8, 4) is 0 Å². The van der Waals surface area contributed by atoms with Crippen LogP contribution in [0.5, 0.6) is 0 Å². The van der Waals surface area contributed by atoms with Gasteiger partial charge in [-0.1, -0.05) is 90.9 Å². The van der Waals surface area contributed by atoms with E-state index in [1.165, 1.54) is 101 Å². The first kappa shape index (κ1) is 25.7. The van der Waals surface area contributed by atoms with Gasteiger partial charge in [-0.3, -0.25) is 0 Å². The Morgan fingerprint density at radius 2 is 0.871 bits per heavy atom. The fourth-order valence-corrected chi connectivity index (χ4v) is 4.37. The lowest BCUT2D eigenvalue weighted by molar-refractivity contribution is 0.585. The number of hydrogen-bond donors (Lipinski definition) is 2. The smallest absolute Gasteiger partial charge is 0.106 e. The molecule has 31 heavy (non-hydrogen) atoms. The molecule has 0 spiro atoms. The third-order valence-corrected chi connectivity index (χ3v) is 6.44. The van der Waals surface area contributed by atoms with Crippen molar-refractivity contribution in [1.29, 1.82) is 0 Å². The summed E-state index contributed by atoms with van der Waals surface area (Å²) in [5.74, 6) is 2.30. The van der Waals surface area contributed by atoms with Crippen molar-refractivity contribution < 1.29 is 0 Å². The maximum atomic E-state index is 4.90. The van der Waals surface area contributed by atoms with Crippen LogP contribution >= 0.6 is 0 Å². The van der Waals surface area contributed by atoms with E-state index in [2.05, 4.69) is 37.7 Å². The Morgan fingerprint density at radius 1 is 0.516 bits per heavy atom. The number of rotatable bonds is 18. The predicted molar refractivity (Wildman–Crippen MR) is 133 cm³/mol. The summed E-state index contributed by atoms with van der Waals surface area (Å²) in [5, 5.41) is 0. The molecule has 0 fully saturated rings. The van der Waals surface area contributed by atoms with Gasteiger partial charge in [0.1, 0.15) is 11.6 Å². The molecule has 0 aliphatic heterocycles. The van der Waals surface area contributed by atoms with Crippen LogP contribution in [0.2, 0.25) is 0 Å². The molecule has 4 nitrogen and oxygen atoms in total. The largest absolute Gasteiger partial charge is 0.346 e. The van der Waals surface area contributed by atoms with Crippen LogP contribution < -0.4 is 0 Å². The lowest BCUT2D eigenvalue weighted by Gasteiger charge is -2.00. The number of unbranched alkanes of at least 4 members (excludes halogenated alkanes) is 12. The van der Waals surface area contributed by atoms with E-state index in [0.29, 0.717) is 0 Å². The molecule has 0 radical (unpaired) electrons. The summed E-state index contributed by atoms with van der Waals surface area (Å²) < 4.78 is 0. The minimum absolute atomic E-state index is 0.832. The van der Waals surface area contributed by atoms with E-state index in [1.807, 2.05) is 0 Å². The topological polar surface area (TPSA) is 57.4 Å². The van der Waals surface area contributed by atoms with Crippen molar-refractivity contribution in [2.24, 2.45) is 0 Å². The molecule has 0 bridgehead atoms. The Bertz CT molecular complexity index is 653. The molecule has 2 heterocycles. The molecule has 2 rings (SSSR count). The van der Waals surface area contributed by atoms with Crippen molar-refractivity contribution in [3.05, 3.63) is 34.4 Å². The van der Waals surface area contributed by atoms with E-state index >= 15 is 0 Å². The summed E-state index contributed by atoms with van der Waals surface area (Å²) in [5.41, 5.74) is 4.73. The van der Waals surface area contributed by atoms with Gasteiger partial charge in [0.2, 0.25) is 0 Å². The van der Waals surface area contributed by atoms with Crippen LogP contribution in [-0.2, 0) is 19.3 Å². The highest BCUT2D eigenvalue weighted by Crippen LogP contribution is 2.17. The standard InChI is InChI=1S/C27H48N4/c1-5-7-9-11-13-15-17-19-26-28-22(3)24(30-26)21-25-23(4)29-27(31-25)20-18-16-14-12-10-8-6-2/h5-21H2,1-4H3,(H,28,30)(H,29,31). The van der Waals surface area contributed by atoms with Crippen molar-refractivity contribution in [2.75, 3.05) is 0 Å². The highest BCUT2D eigenvalue weighted by molar-refractivity contribution is 5.24. The van der Waals surface area contributed by atoms with Crippen LogP contribution in [0, 0.1) is 13.8 Å². The van der Waals surface area contributed by atoms with Crippen LogP contribution in [0.1, 0.15) is 138 Å². The number of nitrogens with zero attached hydrogens (tertiary/aromatic N) is 2. The SMILES string of the molecule is CCCCCCCCCc1nc(Cc2nc(CCCCCCCCC)[nH]c2C)c(C)[nH]1. The second-order valence-corrected chi connectivity index (χ2v) is 9.43. The van der Waals surface area contributed by atoms with Gasteiger partial charge >= 0.3 is 0 Å². The van der Waals surface area contributed by atoms with Crippen LogP contribution in [0.3, 0.4) is 0 Å². The molecule has 2 aromatic heterocycles. The minimum atomic E-state index is 0.832. The first-order valence-electron chi connectivity index (χ1n) is 13.2. The number of aromatic amines is 2. The Balaban J connectivity index is 1.72. The van der Waals surface area contributed by atoms with E-state index in [-0.39, 0.29) is 0 Å². The number of imidazole rings is 2. The number of aryl methyl sites for hydroxylation is 4. The van der Waals surface area contributed by atoms with Gasteiger partial charge < -0.3 is 9.97 Å². The monoisotopic (exact) mass is 428 g/mol. The second kappa shape index (κ2) is 15.3. The molecule has 2 aromatic rings. The molecule has 4 heteroatoms. The van der Waals surface area contributed by atoms with E-state index in [4.69, 9.17) is 9.97 Å². The second-order valence-electron chi connectivity index (χ2n) is 9.43. The third-order valence-electron chi connectivity index (χ3n) is 6.44. The average molecular weight is 429 g/mol. The summed E-state index contributed by atoms with van der Waals surface area (Å²) in [4.78, 5) is 16.8. The number of aromatic nitrogens is 4. The summed E-state index contributed by atoms with van der Waals surface area (Å²) in [7, 11) is 0. The highest BCUT2D eigenvalue weighted by atomic mass is 15.0. The molecule has 0 aliphatic carbocycles. The van der Waals surface area contributed by atoms with Crippen molar-refractivity contribution >= 4 is 0 Å². The molecule has 0 atom stereocenters. The van der Waals surface area contributed by atoms with Gasteiger partial charge in [-0.2, -0.15) is 0 Å². The van der Waals surface area contributed by atoms with Gasteiger partial charge in [0.15, 0.2) is 0 Å². The van der Waals surface area contributed by atoms with Gasteiger partial charge in [-0.05, 0) is 26.7 Å². The molecular formula is C27H48N4. The van der Waals surface area contributed by atoms with Crippen LogP contribution in [0.4, 0.5) is 0 Å². The van der Waals surface area contributed by atoms with Gasteiger partial charge in [0, 0.05) is 30.7 Å². The first-order valence-corrected chi connectivity index (χ1v) is 13.2. The molecule has 0 aromatic carbocycles. The zero-order valence-electron chi connectivity index (χ0n) is 20.9. The van der Waals surface area contributed by atoms with Crippen molar-refractivity contribution in [2.45, 2.75) is 137 Å². The van der Waals surface area contributed by atoms with Crippen LogP contribution in [-0.4, -0.2) is 19.9 Å². The molecule has 176 valence electrons. The molecular weight excluding hydrogens is 380 g/mol. The van der Waals surface area contributed by atoms with Gasteiger partial charge in [0.25, 0.3) is 0 Å². The number of hydrogen-bond acceptors (Lipinski definition) is 2. The van der Waals surface area contributed by atoms with E-state index in [9.17, 15) is 0 Å². The summed E-state index contributed by atoms with van der Waals surface area (Å²) in [6.07, 6.45) is 21.8. The summed E-state index contributed by atoms with van der Waals surface area (Å²) in [6.45, 7) is 8.85. The number of nitrogens with one attached hydrogen (secondary N) is 2. The predicted octanol–water partition coefficient (Wildman–Crippen LogP) is 7.93. The molecule has 0 saturated carbocycles. The Hall–Kier alpha value is -1.58. The molecule has 2 N–H and O–H groups in total. The summed E-state index contributed by atoms with van der Waals surface area (Å²) >= 11 is 0. The average Bonchev–Trinajstić information content (AvgIpc) is 3.28. The first-order chi connectivity index (χ1) is 15.1. The summed E-state index contributed by atoms with van der Waals surface area (Å²) in [6, 6.07) is 0. The minimum Gasteiger partial charge on any atom is -0.346 e. The van der Waals surface area contributed by atoms with Gasteiger partial charge in [-0.25, -0.2) is 9.97 Å². The fraction of sp³-hybridized carbons (Fsp3) is 0.778. The van der Waals surface area contributed by atoms with E-state index in [0.717, 1.165) is 42.3 Å². The molecule has 0 unspecified atom stereocenters. The lowest BCUT2D eigenvalue weighted by atomic mass is 10.1. The Morgan fingerprint density at radius 3 is 1.26 bits per heavy atom. The van der Waals surface area contributed by atoms with E-state index < -0.39 is 0 Å². The maximum absolute atomic E-state index is 4.90. The zero-order valence-corrected chi connectivity index (χ0v) is 20.9. The Kier molecular flexibility index (Phi) is 12.6. The zero-order chi connectivity index (χ0) is 22.3. The Labute approximate surface area is 191 Å². The van der Waals surface area contributed by atoms with Crippen molar-refractivity contribution in [1.82, 2.24) is 19.9 Å². The van der Waals surface area contributed by atoms with Gasteiger partial charge in [-0.15, -0.1) is 0 Å².